The molecule has 1 aromatic carbocycles. The topological polar surface area (TPSA) is 139 Å². The van der Waals surface area contributed by atoms with Gasteiger partial charge < -0.3 is 19.3 Å². The summed E-state index contributed by atoms with van der Waals surface area (Å²) in [5.41, 5.74) is -6.25. The quantitative estimate of drug-likeness (QED) is 0.160. The maximum atomic E-state index is 13.5. The Hall–Kier alpha value is -2.15. The van der Waals surface area contributed by atoms with Gasteiger partial charge in [-0.3, -0.25) is 14.4 Å². The zero-order chi connectivity index (χ0) is 27.7. The number of fused-ring (bicyclic) bond motifs is 1. The van der Waals surface area contributed by atoms with E-state index in [-0.39, 0.29) is 27.3 Å². The SMILES string of the molecule is O=C(NC(CS(=O)(=O)[O-])(C(F)(F)F)C(F)(F)F)c1ccc(I)c(OC(=O)C2C3CC4OC(=O)C2C4C3)c1. The minimum atomic E-state index is -6.42. The molecule has 3 fully saturated rings. The third-order valence-electron chi connectivity index (χ3n) is 6.85. The maximum Gasteiger partial charge on any atom is 0.421 e. The number of amides is 1. The van der Waals surface area contributed by atoms with E-state index < -0.39 is 69.0 Å². The lowest BCUT2D eigenvalue weighted by molar-refractivity contribution is -0.296. The predicted molar refractivity (Wildman–Crippen MR) is 115 cm³/mol. The van der Waals surface area contributed by atoms with Crippen molar-refractivity contribution in [1.29, 1.82) is 0 Å². The molecule has 1 aliphatic heterocycles. The molecular weight excluding hydrogens is 655 g/mol. The van der Waals surface area contributed by atoms with Crippen LogP contribution in [0, 0.1) is 27.2 Å². The number of esters is 2. The number of alkyl halides is 6. The molecule has 0 spiro atoms. The molecule has 3 aliphatic rings. The Labute approximate surface area is 218 Å². The highest BCUT2D eigenvalue weighted by Crippen LogP contribution is 2.58. The minimum Gasteiger partial charge on any atom is -0.748 e. The zero-order valence-electron chi connectivity index (χ0n) is 18.1. The van der Waals surface area contributed by atoms with Gasteiger partial charge in [0, 0.05) is 11.5 Å². The Kier molecular flexibility index (Phi) is 6.75. The normalized spacial score (nSPS) is 27.2. The molecule has 1 saturated heterocycles. The second-order valence-corrected chi connectivity index (χ2v) is 11.6. The van der Waals surface area contributed by atoms with Crippen molar-refractivity contribution in [3.63, 3.8) is 0 Å². The number of carbonyl (C=O) groups is 3. The van der Waals surface area contributed by atoms with Crippen molar-refractivity contribution in [3.8, 4) is 5.75 Å². The van der Waals surface area contributed by atoms with Crippen LogP contribution in [0.4, 0.5) is 26.3 Å². The molecule has 0 aromatic heterocycles. The number of benzene rings is 1. The molecule has 9 nitrogen and oxygen atoms in total. The van der Waals surface area contributed by atoms with Gasteiger partial charge in [0.25, 0.3) is 5.91 Å². The highest BCUT2D eigenvalue weighted by atomic mass is 127. The first kappa shape index (κ1) is 27.9. The van der Waals surface area contributed by atoms with Gasteiger partial charge in [-0.25, -0.2) is 8.42 Å². The van der Waals surface area contributed by atoms with E-state index >= 15 is 0 Å². The third-order valence-corrected chi connectivity index (χ3v) is 8.53. The van der Waals surface area contributed by atoms with Gasteiger partial charge in [0.2, 0.25) is 5.54 Å². The van der Waals surface area contributed by atoms with Crippen molar-refractivity contribution in [3.05, 3.63) is 27.3 Å². The largest absolute Gasteiger partial charge is 0.748 e. The summed E-state index contributed by atoms with van der Waals surface area (Å²) in [4.78, 5) is 37.5. The van der Waals surface area contributed by atoms with E-state index in [1.165, 1.54) is 0 Å². The van der Waals surface area contributed by atoms with Gasteiger partial charge in [-0.05, 0) is 59.5 Å². The van der Waals surface area contributed by atoms with Crippen LogP contribution in [0.25, 0.3) is 0 Å². The summed E-state index contributed by atoms with van der Waals surface area (Å²) in [6.45, 7) is 0. The fourth-order valence-corrected chi connectivity index (χ4v) is 6.63. The van der Waals surface area contributed by atoms with E-state index in [2.05, 4.69) is 0 Å². The lowest BCUT2D eigenvalue weighted by Gasteiger charge is -2.38. The van der Waals surface area contributed by atoms with Crippen molar-refractivity contribution in [2.24, 2.45) is 23.7 Å². The first-order chi connectivity index (χ1) is 16.8. The molecule has 17 heteroatoms. The van der Waals surface area contributed by atoms with Crippen molar-refractivity contribution in [2.75, 3.05) is 5.75 Å². The summed E-state index contributed by atoms with van der Waals surface area (Å²) < 4.78 is 124. The Morgan fingerprint density at radius 3 is 2.32 bits per heavy atom. The summed E-state index contributed by atoms with van der Waals surface area (Å²) in [7, 11) is -6.14. The highest BCUT2D eigenvalue weighted by molar-refractivity contribution is 14.1. The molecule has 1 N–H and O–H groups in total. The first-order valence-corrected chi connectivity index (χ1v) is 13.1. The summed E-state index contributed by atoms with van der Waals surface area (Å²) >= 11 is 1.64. The number of hydrogen-bond donors (Lipinski definition) is 1. The van der Waals surface area contributed by atoms with Crippen LogP contribution in [-0.4, -0.2) is 60.6 Å². The van der Waals surface area contributed by atoms with Crippen LogP contribution in [0.1, 0.15) is 23.2 Å². The van der Waals surface area contributed by atoms with E-state index in [9.17, 15) is 53.7 Å². The number of hydrogen-bond acceptors (Lipinski definition) is 8. The van der Waals surface area contributed by atoms with E-state index in [0.29, 0.717) is 24.2 Å². The Bertz CT molecular complexity index is 1250. The monoisotopic (exact) mass is 670 g/mol. The van der Waals surface area contributed by atoms with Crippen LogP contribution in [0.2, 0.25) is 0 Å². The van der Waals surface area contributed by atoms with Gasteiger partial charge in [-0.1, -0.05) is 0 Å². The van der Waals surface area contributed by atoms with Gasteiger partial charge in [-0.2, -0.15) is 26.3 Å². The Morgan fingerprint density at radius 1 is 1.14 bits per heavy atom. The van der Waals surface area contributed by atoms with E-state index in [0.717, 1.165) is 12.1 Å². The summed E-state index contributed by atoms with van der Waals surface area (Å²) in [6, 6.07) is 2.57. The molecule has 2 saturated carbocycles. The lowest BCUT2D eigenvalue weighted by atomic mass is 9.80. The van der Waals surface area contributed by atoms with Gasteiger partial charge in [0.05, 0.1) is 31.3 Å². The van der Waals surface area contributed by atoms with Crippen LogP contribution < -0.4 is 10.1 Å². The van der Waals surface area contributed by atoms with Crippen molar-refractivity contribution in [2.45, 2.75) is 36.8 Å². The number of nitrogens with one attached hydrogen (secondary N) is 1. The average Bonchev–Trinajstić information content (AvgIpc) is 3.34. The molecule has 1 heterocycles. The lowest BCUT2D eigenvalue weighted by Crippen LogP contribution is -2.70. The zero-order valence-corrected chi connectivity index (χ0v) is 21.0. The summed E-state index contributed by atoms with van der Waals surface area (Å²) in [6.07, 6.45) is -12.1. The van der Waals surface area contributed by atoms with Crippen LogP contribution in [-0.2, 0) is 24.4 Å². The van der Waals surface area contributed by atoms with Gasteiger partial charge in [0.15, 0.2) is 0 Å². The van der Waals surface area contributed by atoms with Gasteiger partial charge >= 0.3 is 24.3 Å². The molecule has 204 valence electrons. The van der Waals surface area contributed by atoms with E-state index in [1.807, 2.05) is 0 Å². The van der Waals surface area contributed by atoms with Crippen LogP contribution in [0.15, 0.2) is 18.2 Å². The van der Waals surface area contributed by atoms with Gasteiger partial charge in [-0.15, -0.1) is 0 Å². The summed E-state index contributed by atoms with van der Waals surface area (Å²) in [5, 5.41) is 0.616. The van der Waals surface area contributed by atoms with E-state index in [1.54, 1.807) is 22.6 Å². The summed E-state index contributed by atoms with van der Waals surface area (Å²) in [5.74, 6) is -8.83. The standard InChI is InChI=1S/C20H16F6INO8S/c21-19(22,23)18(20(24,25)26,6-37(32,33)34)28-15(29)7-1-2-10(27)12(4-7)36-16(30)13-8-3-9-11(5-8)35-17(31)14(9)13/h1-2,4,8-9,11,13-14H,3,5-6H2,(H,28,29)(H,32,33,34)/p-1. The molecule has 5 unspecified atom stereocenters. The average molecular weight is 670 g/mol. The fourth-order valence-electron chi connectivity index (χ4n) is 5.26. The Balaban J connectivity index is 1.60. The van der Waals surface area contributed by atoms with Crippen molar-refractivity contribution in [1.82, 2.24) is 5.32 Å². The van der Waals surface area contributed by atoms with Gasteiger partial charge in [0.1, 0.15) is 11.9 Å². The van der Waals surface area contributed by atoms with Crippen LogP contribution in [0.5, 0.6) is 5.75 Å². The fraction of sp³-hybridized carbons (Fsp3) is 0.550. The Morgan fingerprint density at radius 2 is 1.76 bits per heavy atom. The molecule has 4 rings (SSSR count). The van der Waals surface area contributed by atoms with Crippen molar-refractivity contribution >= 4 is 50.6 Å². The molecule has 0 radical (unpaired) electrons. The predicted octanol–water partition coefficient (Wildman–Crippen LogP) is 2.53. The second-order valence-electron chi connectivity index (χ2n) is 9.05. The molecule has 1 amide bonds. The molecule has 2 bridgehead atoms. The van der Waals surface area contributed by atoms with Crippen LogP contribution >= 0.6 is 22.6 Å². The first-order valence-electron chi connectivity index (χ1n) is 10.5. The number of ether oxygens (including phenoxy) is 2. The second kappa shape index (κ2) is 8.96. The number of carbonyl (C=O) groups excluding carboxylic acids is 3. The molecule has 1 aromatic rings. The smallest absolute Gasteiger partial charge is 0.421 e. The van der Waals surface area contributed by atoms with Crippen LogP contribution in [0.3, 0.4) is 0 Å². The van der Waals surface area contributed by atoms with E-state index in [4.69, 9.17) is 9.47 Å². The highest BCUT2D eigenvalue weighted by Gasteiger charge is 2.72. The molecule has 2 aliphatic carbocycles. The third kappa shape index (κ3) is 4.88. The number of rotatable bonds is 6. The molecule has 5 atom stereocenters. The number of halogens is 7. The molecular formula is C20H15F6INO8S-. The molecule has 37 heavy (non-hydrogen) atoms. The maximum absolute atomic E-state index is 13.5. The van der Waals surface area contributed by atoms with Crippen molar-refractivity contribution < 1.29 is 63.2 Å². The minimum absolute atomic E-state index is 0.151.